The summed E-state index contributed by atoms with van der Waals surface area (Å²) in [4.78, 5) is 12.5. The van der Waals surface area contributed by atoms with E-state index < -0.39 is 0 Å². The van der Waals surface area contributed by atoms with Crippen LogP contribution < -0.4 is 4.74 Å². The van der Waals surface area contributed by atoms with E-state index in [2.05, 4.69) is 10.2 Å². The van der Waals surface area contributed by atoms with Crippen LogP contribution in [0.2, 0.25) is 10.0 Å². The maximum Gasteiger partial charge on any atom is 0.254 e. The summed E-state index contributed by atoms with van der Waals surface area (Å²) < 4.78 is 11.3. The molecule has 0 saturated carbocycles. The van der Waals surface area contributed by atoms with Crippen LogP contribution in [0.5, 0.6) is 5.75 Å². The Labute approximate surface area is 176 Å². The van der Waals surface area contributed by atoms with Crippen LogP contribution in [-0.2, 0) is 6.61 Å². The Morgan fingerprint density at radius 1 is 0.862 bits per heavy atom. The van der Waals surface area contributed by atoms with E-state index in [1.165, 1.54) is 0 Å². The fraction of sp³-hybridized carbons (Fsp3) is 0.0455. The van der Waals surface area contributed by atoms with Gasteiger partial charge in [-0.25, -0.2) is 0 Å². The fourth-order valence-electron chi connectivity index (χ4n) is 2.67. The number of benzene rings is 3. The molecule has 4 aromatic rings. The van der Waals surface area contributed by atoms with E-state index in [0.717, 1.165) is 0 Å². The zero-order chi connectivity index (χ0) is 20.2. The van der Waals surface area contributed by atoms with Crippen molar-refractivity contribution in [2.24, 2.45) is 0 Å². The Morgan fingerprint density at radius 3 is 2.21 bits per heavy atom. The molecule has 29 heavy (non-hydrogen) atoms. The van der Waals surface area contributed by atoms with E-state index in [1.807, 2.05) is 12.1 Å². The SMILES string of the molecule is O=C(c1ccc(Cl)cc1)c1ccc(OCc2nnc(-c3ccccc3Cl)o2)cc1. The number of hydrogen-bond donors (Lipinski definition) is 0. The van der Waals surface area contributed by atoms with Gasteiger partial charge in [0.2, 0.25) is 5.89 Å². The number of rotatable bonds is 6. The van der Waals surface area contributed by atoms with Crippen LogP contribution >= 0.6 is 23.2 Å². The van der Waals surface area contributed by atoms with Crippen molar-refractivity contribution in [3.63, 3.8) is 0 Å². The Bertz CT molecular complexity index is 1140. The summed E-state index contributed by atoms with van der Waals surface area (Å²) in [7, 11) is 0. The van der Waals surface area contributed by atoms with E-state index in [0.29, 0.717) is 44.3 Å². The van der Waals surface area contributed by atoms with E-state index in [4.69, 9.17) is 32.4 Å². The summed E-state index contributed by atoms with van der Waals surface area (Å²) in [6.07, 6.45) is 0. The van der Waals surface area contributed by atoms with E-state index >= 15 is 0 Å². The minimum absolute atomic E-state index is 0.0884. The molecular formula is C22H14Cl2N2O3. The van der Waals surface area contributed by atoms with Crippen molar-refractivity contribution in [3.8, 4) is 17.2 Å². The van der Waals surface area contributed by atoms with Gasteiger partial charge in [0, 0.05) is 16.1 Å². The smallest absolute Gasteiger partial charge is 0.254 e. The summed E-state index contributed by atoms with van der Waals surface area (Å²) >= 11 is 12.0. The first-order valence-corrected chi connectivity index (χ1v) is 9.46. The van der Waals surface area contributed by atoms with Crippen LogP contribution in [0.4, 0.5) is 0 Å². The van der Waals surface area contributed by atoms with Crippen molar-refractivity contribution >= 4 is 29.0 Å². The average molecular weight is 425 g/mol. The number of nitrogens with zero attached hydrogens (tertiary/aromatic N) is 2. The molecule has 0 bridgehead atoms. The number of aromatic nitrogens is 2. The fourth-order valence-corrected chi connectivity index (χ4v) is 3.01. The molecule has 3 aromatic carbocycles. The van der Waals surface area contributed by atoms with Gasteiger partial charge >= 0.3 is 0 Å². The lowest BCUT2D eigenvalue weighted by Gasteiger charge is -2.05. The summed E-state index contributed by atoms with van der Waals surface area (Å²) in [5, 5.41) is 9.10. The average Bonchev–Trinajstić information content (AvgIpc) is 3.22. The molecule has 0 radical (unpaired) electrons. The predicted octanol–water partition coefficient (Wildman–Crippen LogP) is 5.85. The molecule has 4 rings (SSSR count). The van der Waals surface area contributed by atoms with Crippen LogP contribution in [0.25, 0.3) is 11.5 Å². The third-order valence-electron chi connectivity index (χ3n) is 4.16. The monoisotopic (exact) mass is 424 g/mol. The van der Waals surface area contributed by atoms with Crippen molar-refractivity contribution < 1.29 is 13.9 Å². The summed E-state index contributed by atoms with van der Waals surface area (Å²) in [5.74, 6) is 1.14. The molecule has 0 fully saturated rings. The summed E-state index contributed by atoms with van der Waals surface area (Å²) in [5.41, 5.74) is 1.79. The molecule has 0 atom stereocenters. The lowest BCUT2D eigenvalue weighted by atomic mass is 10.0. The Kier molecular flexibility index (Phi) is 5.60. The molecule has 1 aromatic heterocycles. The Balaban J connectivity index is 1.40. The molecule has 0 aliphatic heterocycles. The molecule has 5 nitrogen and oxygen atoms in total. The number of ketones is 1. The molecule has 0 saturated heterocycles. The van der Waals surface area contributed by atoms with E-state index in [9.17, 15) is 4.79 Å². The number of carbonyl (C=O) groups is 1. The van der Waals surface area contributed by atoms with Crippen molar-refractivity contribution in [1.29, 1.82) is 0 Å². The normalized spacial score (nSPS) is 10.7. The second kappa shape index (κ2) is 8.47. The van der Waals surface area contributed by atoms with Crippen LogP contribution in [-0.4, -0.2) is 16.0 Å². The highest BCUT2D eigenvalue weighted by Crippen LogP contribution is 2.26. The van der Waals surface area contributed by atoms with Gasteiger partial charge in [0.25, 0.3) is 5.89 Å². The molecule has 1 heterocycles. The van der Waals surface area contributed by atoms with Gasteiger partial charge in [-0.3, -0.25) is 4.79 Å². The van der Waals surface area contributed by atoms with E-state index in [1.54, 1.807) is 60.7 Å². The second-order valence-corrected chi connectivity index (χ2v) is 6.97. The van der Waals surface area contributed by atoms with Crippen molar-refractivity contribution in [1.82, 2.24) is 10.2 Å². The van der Waals surface area contributed by atoms with Crippen LogP contribution in [0.3, 0.4) is 0 Å². The molecule has 0 N–H and O–H groups in total. The third-order valence-corrected chi connectivity index (χ3v) is 4.74. The molecule has 0 aliphatic carbocycles. The van der Waals surface area contributed by atoms with E-state index in [-0.39, 0.29) is 12.4 Å². The Morgan fingerprint density at radius 2 is 1.52 bits per heavy atom. The number of halogens is 2. The highest BCUT2D eigenvalue weighted by Gasteiger charge is 2.12. The highest BCUT2D eigenvalue weighted by molar-refractivity contribution is 6.33. The summed E-state index contributed by atoms with van der Waals surface area (Å²) in [6, 6.07) is 20.8. The lowest BCUT2D eigenvalue weighted by molar-refractivity contribution is 0.103. The van der Waals surface area contributed by atoms with Crippen LogP contribution in [0.15, 0.2) is 77.2 Å². The number of hydrogen-bond acceptors (Lipinski definition) is 5. The van der Waals surface area contributed by atoms with Gasteiger partial charge in [-0.05, 0) is 60.7 Å². The largest absolute Gasteiger partial charge is 0.484 e. The predicted molar refractivity (Wildman–Crippen MR) is 110 cm³/mol. The first-order valence-electron chi connectivity index (χ1n) is 8.70. The molecule has 144 valence electrons. The highest BCUT2D eigenvalue weighted by atomic mass is 35.5. The zero-order valence-electron chi connectivity index (χ0n) is 15.0. The van der Waals surface area contributed by atoms with Gasteiger partial charge < -0.3 is 9.15 Å². The summed E-state index contributed by atoms with van der Waals surface area (Å²) in [6.45, 7) is 0.0991. The molecule has 0 amide bonds. The zero-order valence-corrected chi connectivity index (χ0v) is 16.5. The first-order chi connectivity index (χ1) is 14.1. The molecule has 0 unspecified atom stereocenters. The molecule has 0 aliphatic rings. The third kappa shape index (κ3) is 4.47. The van der Waals surface area contributed by atoms with Gasteiger partial charge in [-0.1, -0.05) is 35.3 Å². The minimum Gasteiger partial charge on any atom is -0.484 e. The molecule has 7 heteroatoms. The number of carbonyl (C=O) groups excluding carboxylic acids is 1. The lowest BCUT2D eigenvalue weighted by Crippen LogP contribution is -2.01. The topological polar surface area (TPSA) is 65.2 Å². The van der Waals surface area contributed by atoms with Crippen molar-refractivity contribution in [2.75, 3.05) is 0 Å². The van der Waals surface area contributed by atoms with Gasteiger partial charge in [0.1, 0.15) is 5.75 Å². The Hall–Kier alpha value is -3.15. The van der Waals surface area contributed by atoms with Gasteiger partial charge in [-0.15, -0.1) is 10.2 Å². The first kappa shape index (κ1) is 19.2. The quantitative estimate of drug-likeness (QED) is 0.363. The number of ether oxygens (including phenoxy) is 1. The second-order valence-electron chi connectivity index (χ2n) is 6.13. The standard InChI is InChI=1S/C22H14Cl2N2O3/c23-16-9-5-14(6-10-16)21(27)15-7-11-17(12-8-15)28-13-20-25-26-22(29-20)18-3-1-2-4-19(18)24/h1-12H,13H2. The van der Waals surface area contributed by atoms with Gasteiger partial charge in [-0.2, -0.15) is 0 Å². The van der Waals surface area contributed by atoms with Crippen LogP contribution in [0.1, 0.15) is 21.8 Å². The maximum atomic E-state index is 12.5. The van der Waals surface area contributed by atoms with Gasteiger partial charge in [0.15, 0.2) is 12.4 Å². The molecular weight excluding hydrogens is 411 g/mol. The van der Waals surface area contributed by atoms with Crippen LogP contribution in [0, 0.1) is 0 Å². The maximum absolute atomic E-state index is 12.5. The van der Waals surface area contributed by atoms with Crippen molar-refractivity contribution in [3.05, 3.63) is 99.9 Å². The minimum atomic E-state index is -0.0884. The van der Waals surface area contributed by atoms with Gasteiger partial charge in [0.05, 0.1) is 10.6 Å². The van der Waals surface area contributed by atoms with Crippen molar-refractivity contribution in [2.45, 2.75) is 6.61 Å². The molecule has 0 spiro atoms.